The monoisotopic (exact) mass is 497 g/mol. The summed E-state index contributed by atoms with van der Waals surface area (Å²) in [7, 11) is -0.864. The number of fused-ring (bicyclic) bond motifs is 1. The fraction of sp³-hybridized carbons (Fsp3) is 0.722. The molecule has 0 aliphatic carbocycles. The molecule has 3 aliphatic heterocycles. The molecule has 1 N–H and O–H groups in total. The van der Waals surface area contributed by atoms with Gasteiger partial charge in [0.05, 0.1) is 21.7 Å². The molecule has 3 heterocycles. The summed E-state index contributed by atoms with van der Waals surface area (Å²) in [5.41, 5.74) is -0.604. The van der Waals surface area contributed by atoms with E-state index in [0.29, 0.717) is 15.7 Å². The van der Waals surface area contributed by atoms with Gasteiger partial charge in [-0.15, -0.1) is 11.8 Å². The second-order valence-electron chi connectivity index (χ2n) is 8.19. The molecule has 0 aromatic rings. The number of amides is 1. The Labute approximate surface area is 193 Å². The number of hydrogen-bond acceptors (Lipinski definition) is 9. The van der Waals surface area contributed by atoms with Crippen molar-refractivity contribution in [2.24, 2.45) is 11.3 Å². The first-order valence-corrected chi connectivity index (χ1v) is 12.5. The topological polar surface area (TPSA) is 110 Å². The van der Waals surface area contributed by atoms with Crippen LogP contribution in [0.2, 0.25) is 0 Å². The molecule has 3 aliphatic rings. The van der Waals surface area contributed by atoms with Crippen molar-refractivity contribution < 1.29 is 33.2 Å². The second kappa shape index (κ2) is 9.85. The molecular weight excluding hydrogens is 470 g/mol. The third kappa shape index (κ3) is 5.20. The average molecular weight is 498 g/mol. The quantitative estimate of drug-likeness (QED) is 0.332. The van der Waals surface area contributed by atoms with Crippen LogP contribution in [0.15, 0.2) is 9.93 Å². The Morgan fingerprint density at radius 3 is 2.57 bits per heavy atom. The average Bonchev–Trinajstić information content (AvgIpc) is 3.15. The fourth-order valence-electron chi connectivity index (χ4n) is 3.13. The Hall–Kier alpha value is -0.690. The summed E-state index contributed by atoms with van der Waals surface area (Å²) >= 11 is 2.78. The highest BCUT2D eigenvalue weighted by Crippen LogP contribution is 2.55. The normalized spacial score (nSPS) is 29.1. The van der Waals surface area contributed by atoms with E-state index in [9.17, 15) is 23.7 Å². The number of nitrogens with zero attached hydrogens (tertiary/aromatic N) is 1. The van der Waals surface area contributed by atoms with E-state index in [-0.39, 0.29) is 35.7 Å². The molecule has 2 fully saturated rings. The molecule has 5 atom stereocenters. The van der Waals surface area contributed by atoms with Crippen molar-refractivity contribution in [2.45, 2.75) is 50.8 Å². The Balaban J connectivity index is 0.00000320. The van der Waals surface area contributed by atoms with Gasteiger partial charge >= 0.3 is 11.9 Å². The third-order valence-corrected chi connectivity index (χ3v) is 9.31. The van der Waals surface area contributed by atoms with Crippen LogP contribution in [-0.4, -0.2) is 67.1 Å². The van der Waals surface area contributed by atoms with E-state index >= 15 is 0 Å². The zero-order valence-corrected chi connectivity index (χ0v) is 20.7. The number of carbonyl (C=O) groups excluding carboxylic acids is 3. The molecule has 3 rings (SSSR count). The largest absolute Gasteiger partial charge is 0.427 e. The summed E-state index contributed by atoms with van der Waals surface area (Å²) in [5, 5.41) is 9.63. The first-order valence-electron chi connectivity index (χ1n) is 9.28. The number of esters is 2. The van der Waals surface area contributed by atoms with Crippen LogP contribution in [0.5, 0.6) is 0 Å². The predicted molar refractivity (Wildman–Crippen MR) is 121 cm³/mol. The van der Waals surface area contributed by atoms with Crippen LogP contribution < -0.4 is 0 Å². The van der Waals surface area contributed by atoms with E-state index < -0.39 is 47.0 Å². The minimum atomic E-state index is -0.864. The number of ether oxygens (including phenoxy) is 2. The maximum absolute atomic E-state index is 12.7. The summed E-state index contributed by atoms with van der Waals surface area (Å²) in [6.07, 6.45) is -0.0599. The number of β-lactam (4-membered cyclic amide) rings is 1. The van der Waals surface area contributed by atoms with Gasteiger partial charge in [0.15, 0.2) is 5.70 Å². The summed E-state index contributed by atoms with van der Waals surface area (Å²) in [6, 6.07) is 0. The summed E-state index contributed by atoms with van der Waals surface area (Å²) < 4.78 is 22.4. The van der Waals surface area contributed by atoms with Gasteiger partial charge in [-0.05, 0) is 34.1 Å². The fourth-order valence-corrected chi connectivity index (χ4v) is 8.37. The van der Waals surface area contributed by atoms with Gasteiger partial charge in [0.1, 0.15) is 5.37 Å². The van der Waals surface area contributed by atoms with Crippen molar-refractivity contribution in [3.05, 3.63) is 9.93 Å². The smallest absolute Gasteiger partial charge is 0.359 e. The van der Waals surface area contributed by atoms with Gasteiger partial charge in [0, 0.05) is 27.6 Å². The first kappa shape index (κ1) is 25.6. The molecule has 12 heteroatoms. The highest BCUT2D eigenvalue weighted by Gasteiger charge is 2.58. The molecule has 0 saturated carbocycles. The summed E-state index contributed by atoms with van der Waals surface area (Å²) in [4.78, 5) is 38.4. The number of thioether (sulfide) groups is 2. The minimum absolute atomic E-state index is 0. The number of rotatable bonds is 6. The van der Waals surface area contributed by atoms with Crippen molar-refractivity contribution in [3.8, 4) is 0 Å². The predicted octanol–water partition coefficient (Wildman–Crippen LogP) is 1.52. The van der Waals surface area contributed by atoms with Crippen LogP contribution in [0.25, 0.3) is 0 Å². The minimum Gasteiger partial charge on any atom is -0.427 e. The van der Waals surface area contributed by atoms with E-state index in [2.05, 4.69) is 0 Å². The van der Waals surface area contributed by atoms with Crippen LogP contribution in [-0.2, 0) is 34.7 Å². The van der Waals surface area contributed by atoms with Crippen LogP contribution in [0.4, 0.5) is 0 Å². The lowest BCUT2D eigenvalue weighted by Gasteiger charge is -2.43. The van der Waals surface area contributed by atoms with Crippen molar-refractivity contribution >= 4 is 65.7 Å². The molecule has 0 unspecified atom stereocenters. The van der Waals surface area contributed by atoms with Gasteiger partial charge in [-0.1, -0.05) is 11.8 Å². The van der Waals surface area contributed by atoms with Crippen LogP contribution in [0.1, 0.15) is 34.1 Å². The third-order valence-electron chi connectivity index (χ3n) is 4.76. The van der Waals surface area contributed by atoms with Crippen molar-refractivity contribution in [1.29, 1.82) is 0 Å². The maximum Gasteiger partial charge on any atom is 0.359 e. The number of carbonyl (C=O) groups is 3. The van der Waals surface area contributed by atoms with Gasteiger partial charge < -0.3 is 14.6 Å². The summed E-state index contributed by atoms with van der Waals surface area (Å²) in [5.74, 6) is -1.01. The standard InChI is InChI=1S/C18H25NO7S3.H2S/c1-9(20)11-13(21)19-12(15(22)25-8-26-17(23)18(2,3)4)16(28-14(11)19)27-10-5-6-29(24)7-10;/h9-11,14,20H,5-8H2,1-4H3;1H2/t9-,10-,11+,14-,29+;/m1./s1. The lowest BCUT2D eigenvalue weighted by molar-refractivity contribution is -0.174. The second-order valence-corrected chi connectivity index (χ2v) is 12.5. The zero-order valence-electron chi connectivity index (χ0n) is 17.2. The van der Waals surface area contributed by atoms with Crippen LogP contribution >= 0.6 is 37.0 Å². The Morgan fingerprint density at radius 1 is 1.37 bits per heavy atom. The maximum atomic E-state index is 12.7. The van der Waals surface area contributed by atoms with E-state index in [1.807, 2.05) is 0 Å². The highest BCUT2D eigenvalue weighted by atomic mass is 32.2. The first-order chi connectivity index (χ1) is 13.5. The van der Waals surface area contributed by atoms with E-state index in [0.717, 1.165) is 6.42 Å². The number of aliphatic hydroxyl groups is 1. The van der Waals surface area contributed by atoms with E-state index in [4.69, 9.17) is 9.47 Å². The Kier molecular flexibility index (Phi) is 8.39. The molecule has 170 valence electrons. The molecule has 2 saturated heterocycles. The molecule has 0 aromatic carbocycles. The molecule has 0 bridgehead atoms. The van der Waals surface area contributed by atoms with Gasteiger partial charge in [0.2, 0.25) is 12.7 Å². The van der Waals surface area contributed by atoms with Gasteiger partial charge in [0.25, 0.3) is 0 Å². The molecule has 0 spiro atoms. The summed E-state index contributed by atoms with van der Waals surface area (Å²) in [6.45, 7) is 6.07. The molecule has 8 nitrogen and oxygen atoms in total. The zero-order chi connectivity index (χ0) is 21.5. The van der Waals surface area contributed by atoms with Crippen LogP contribution in [0.3, 0.4) is 0 Å². The SMILES string of the molecule is C[C@@H](O)[C@H]1C(=O)N2C(C(=O)OCOC(=O)C(C)(C)C)=C(S[C@@H]3CC[S@](=O)C3)S[C@H]12.S. The van der Waals surface area contributed by atoms with Crippen molar-refractivity contribution in [2.75, 3.05) is 18.3 Å². The van der Waals surface area contributed by atoms with Crippen molar-refractivity contribution in [1.82, 2.24) is 4.90 Å². The highest BCUT2D eigenvalue weighted by molar-refractivity contribution is 8.23. The van der Waals surface area contributed by atoms with Crippen LogP contribution in [0, 0.1) is 11.3 Å². The molecule has 0 radical (unpaired) electrons. The molecule has 1 amide bonds. The molecular formula is C18H27NO7S4. The Bertz CT molecular complexity index is 777. The van der Waals surface area contributed by atoms with E-state index in [1.165, 1.54) is 28.4 Å². The Morgan fingerprint density at radius 2 is 2.03 bits per heavy atom. The van der Waals surface area contributed by atoms with Gasteiger partial charge in [-0.3, -0.25) is 18.7 Å². The lowest BCUT2D eigenvalue weighted by atomic mass is 9.92. The van der Waals surface area contributed by atoms with Gasteiger partial charge in [-0.2, -0.15) is 13.5 Å². The van der Waals surface area contributed by atoms with Crippen molar-refractivity contribution in [3.63, 3.8) is 0 Å². The number of hydrogen-bond donors (Lipinski definition) is 1. The molecule has 0 aromatic heterocycles. The van der Waals surface area contributed by atoms with E-state index in [1.54, 1.807) is 27.7 Å². The number of aliphatic hydroxyl groups excluding tert-OH is 1. The molecule has 30 heavy (non-hydrogen) atoms. The lowest BCUT2D eigenvalue weighted by Crippen LogP contribution is -2.60. The van der Waals surface area contributed by atoms with Gasteiger partial charge in [-0.25, -0.2) is 4.79 Å².